The van der Waals surface area contributed by atoms with Crippen molar-refractivity contribution < 1.29 is 9.47 Å². The molecule has 2 aliphatic heterocycles. The Kier molecular flexibility index (Phi) is 4.71. The van der Waals surface area contributed by atoms with Crippen LogP contribution in [0.15, 0.2) is 9.98 Å². The summed E-state index contributed by atoms with van der Waals surface area (Å²) in [6.07, 6.45) is 6.72. The smallest absolute Gasteiger partial charge is 0.184 e. The Bertz CT molecular complexity index is 359. The van der Waals surface area contributed by atoms with E-state index in [-0.39, 0.29) is 11.2 Å². The fourth-order valence-corrected chi connectivity index (χ4v) is 2.49. The molecule has 2 rings (SSSR count). The highest BCUT2D eigenvalue weighted by molar-refractivity contribution is 5.78. The predicted octanol–water partition coefficient (Wildman–Crippen LogP) is 3.74. The van der Waals surface area contributed by atoms with Gasteiger partial charge in [-0.25, -0.2) is 0 Å². The van der Waals surface area contributed by atoms with Crippen LogP contribution in [0.25, 0.3) is 0 Å². The topological polar surface area (TPSA) is 43.2 Å². The Morgan fingerprint density at radius 3 is 1.45 bits per heavy atom. The molecule has 4 heteroatoms. The zero-order chi connectivity index (χ0) is 14.6. The van der Waals surface area contributed by atoms with Crippen molar-refractivity contribution in [3.05, 3.63) is 0 Å². The number of aliphatic imine (C=N–C) groups is 2. The second-order valence-corrected chi connectivity index (χ2v) is 7.06. The molecule has 2 aliphatic rings. The maximum atomic E-state index is 5.77. The molecule has 0 saturated carbocycles. The monoisotopic (exact) mass is 280 g/mol. The SMILES string of the molecule is CC1(C)CN=C(CCCCCCC2=NCC(C)(C)O2)O1. The Morgan fingerprint density at radius 1 is 0.750 bits per heavy atom. The van der Waals surface area contributed by atoms with Crippen LogP contribution in [-0.2, 0) is 9.47 Å². The predicted molar refractivity (Wildman–Crippen MR) is 82.6 cm³/mol. The summed E-state index contributed by atoms with van der Waals surface area (Å²) in [7, 11) is 0. The van der Waals surface area contributed by atoms with Crippen molar-refractivity contribution in [1.29, 1.82) is 0 Å². The number of nitrogens with zero attached hydrogens (tertiary/aromatic N) is 2. The number of unbranched alkanes of at least 4 members (excludes halogenated alkanes) is 3. The molecule has 2 heterocycles. The van der Waals surface area contributed by atoms with Crippen molar-refractivity contribution >= 4 is 11.8 Å². The molecular weight excluding hydrogens is 252 g/mol. The summed E-state index contributed by atoms with van der Waals surface area (Å²) in [6, 6.07) is 0. The quantitative estimate of drug-likeness (QED) is 0.667. The van der Waals surface area contributed by atoms with Gasteiger partial charge < -0.3 is 9.47 Å². The van der Waals surface area contributed by atoms with Crippen LogP contribution < -0.4 is 0 Å². The van der Waals surface area contributed by atoms with Crippen LogP contribution >= 0.6 is 0 Å². The lowest BCUT2D eigenvalue weighted by molar-refractivity contribution is 0.125. The Hall–Kier alpha value is -1.06. The summed E-state index contributed by atoms with van der Waals surface area (Å²) in [5.41, 5.74) is -0.166. The van der Waals surface area contributed by atoms with Crippen LogP contribution in [-0.4, -0.2) is 36.1 Å². The molecule has 0 saturated heterocycles. The average molecular weight is 280 g/mol. The molecule has 114 valence electrons. The lowest BCUT2D eigenvalue weighted by Gasteiger charge is -2.17. The van der Waals surface area contributed by atoms with Gasteiger partial charge in [-0.15, -0.1) is 0 Å². The van der Waals surface area contributed by atoms with Crippen molar-refractivity contribution in [3.8, 4) is 0 Å². The molecule has 0 aromatic carbocycles. The largest absolute Gasteiger partial charge is 0.473 e. The van der Waals surface area contributed by atoms with Gasteiger partial charge in [0.1, 0.15) is 11.2 Å². The van der Waals surface area contributed by atoms with Crippen molar-refractivity contribution in [1.82, 2.24) is 0 Å². The molecule has 0 amide bonds. The van der Waals surface area contributed by atoms with Gasteiger partial charge in [-0.05, 0) is 40.5 Å². The van der Waals surface area contributed by atoms with Gasteiger partial charge in [0.25, 0.3) is 0 Å². The standard InChI is InChI=1S/C16H28N2O2/c1-15(2)11-17-13(19-15)9-7-5-6-8-10-14-18-12-16(3,4)20-14/h5-12H2,1-4H3. The van der Waals surface area contributed by atoms with E-state index in [1.54, 1.807) is 0 Å². The summed E-state index contributed by atoms with van der Waals surface area (Å²) in [5.74, 6) is 1.89. The minimum absolute atomic E-state index is 0.0832. The maximum Gasteiger partial charge on any atom is 0.184 e. The molecule has 0 atom stereocenters. The van der Waals surface area contributed by atoms with Gasteiger partial charge in [-0.1, -0.05) is 12.8 Å². The van der Waals surface area contributed by atoms with E-state index in [0.29, 0.717) is 0 Å². The third-order valence-electron chi connectivity index (χ3n) is 3.59. The Balaban J connectivity index is 1.49. The zero-order valence-electron chi connectivity index (χ0n) is 13.4. The molecule has 0 unspecified atom stereocenters. The summed E-state index contributed by atoms with van der Waals surface area (Å²) in [5, 5.41) is 0. The lowest BCUT2D eigenvalue weighted by atomic mass is 10.1. The van der Waals surface area contributed by atoms with Gasteiger partial charge in [0, 0.05) is 12.8 Å². The highest BCUT2D eigenvalue weighted by atomic mass is 16.5. The highest BCUT2D eigenvalue weighted by Gasteiger charge is 2.27. The molecule has 20 heavy (non-hydrogen) atoms. The first kappa shape index (κ1) is 15.3. The molecule has 0 N–H and O–H groups in total. The van der Waals surface area contributed by atoms with Crippen LogP contribution in [0.5, 0.6) is 0 Å². The van der Waals surface area contributed by atoms with Crippen molar-refractivity contribution in [3.63, 3.8) is 0 Å². The van der Waals surface area contributed by atoms with Crippen LogP contribution in [0.4, 0.5) is 0 Å². The third kappa shape index (κ3) is 4.80. The molecule has 0 aromatic rings. The van der Waals surface area contributed by atoms with E-state index in [0.717, 1.165) is 50.6 Å². The Labute approximate surface area is 122 Å². The summed E-state index contributed by atoms with van der Waals surface area (Å²) in [6.45, 7) is 9.96. The van der Waals surface area contributed by atoms with Crippen LogP contribution in [0.1, 0.15) is 66.2 Å². The van der Waals surface area contributed by atoms with Gasteiger partial charge in [0.2, 0.25) is 0 Å². The highest BCUT2D eigenvalue weighted by Crippen LogP contribution is 2.21. The molecule has 0 bridgehead atoms. The fraction of sp³-hybridized carbons (Fsp3) is 0.875. The van der Waals surface area contributed by atoms with Gasteiger partial charge in [0.05, 0.1) is 13.1 Å². The first-order chi connectivity index (χ1) is 9.36. The van der Waals surface area contributed by atoms with Crippen LogP contribution in [0.3, 0.4) is 0 Å². The molecule has 0 fully saturated rings. The average Bonchev–Trinajstić information content (AvgIpc) is 2.86. The molecule has 0 aromatic heterocycles. The lowest BCUT2D eigenvalue weighted by Crippen LogP contribution is -2.24. The molecule has 0 aliphatic carbocycles. The molecule has 4 nitrogen and oxygen atoms in total. The summed E-state index contributed by atoms with van der Waals surface area (Å²) >= 11 is 0. The molecular formula is C16H28N2O2. The molecule has 0 spiro atoms. The van der Waals surface area contributed by atoms with Crippen molar-refractivity contribution in [2.45, 2.75) is 77.4 Å². The van der Waals surface area contributed by atoms with E-state index in [4.69, 9.17) is 9.47 Å². The van der Waals surface area contributed by atoms with E-state index >= 15 is 0 Å². The van der Waals surface area contributed by atoms with Crippen molar-refractivity contribution in [2.75, 3.05) is 13.1 Å². The minimum Gasteiger partial charge on any atom is -0.473 e. The summed E-state index contributed by atoms with van der Waals surface area (Å²) in [4.78, 5) is 8.88. The number of rotatable bonds is 7. The van der Waals surface area contributed by atoms with Gasteiger partial charge in [0.15, 0.2) is 11.8 Å². The normalized spacial score (nSPS) is 23.0. The second-order valence-electron chi connectivity index (χ2n) is 7.06. The first-order valence-corrected chi connectivity index (χ1v) is 7.81. The van der Waals surface area contributed by atoms with E-state index in [1.165, 1.54) is 12.8 Å². The van der Waals surface area contributed by atoms with E-state index in [1.807, 2.05) is 0 Å². The summed E-state index contributed by atoms with van der Waals surface area (Å²) < 4.78 is 11.5. The minimum atomic E-state index is -0.0832. The second kappa shape index (κ2) is 6.15. The van der Waals surface area contributed by atoms with E-state index in [9.17, 15) is 0 Å². The fourth-order valence-electron chi connectivity index (χ4n) is 2.49. The third-order valence-corrected chi connectivity index (χ3v) is 3.59. The van der Waals surface area contributed by atoms with E-state index in [2.05, 4.69) is 37.7 Å². The van der Waals surface area contributed by atoms with Crippen LogP contribution in [0, 0.1) is 0 Å². The zero-order valence-corrected chi connectivity index (χ0v) is 13.4. The van der Waals surface area contributed by atoms with Crippen LogP contribution in [0.2, 0.25) is 0 Å². The van der Waals surface area contributed by atoms with Gasteiger partial charge >= 0.3 is 0 Å². The number of ether oxygens (including phenoxy) is 2. The van der Waals surface area contributed by atoms with E-state index < -0.39 is 0 Å². The number of hydrogen-bond acceptors (Lipinski definition) is 4. The molecule has 0 radical (unpaired) electrons. The number of hydrogen-bond donors (Lipinski definition) is 0. The maximum absolute atomic E-state index is 5.77. The van der Waals surface area contributed by atoms with Gasteiger partial charge in [-0.3, -0.25) is 9.98 Å². The first-order valence-electron chi connectivity index (χ1n) is 7.81. The van der Waals surface area contributed by atoms with Crippen molar-refractivity contribution in [2.24, 2.45) is 9.98 Å². The van der Waals surface area contributed by atoms with Gasteiger partial charge in [-0.2, -0.15) is 0 Å². The Morgan fingerprint density at radius 2 is 1.15 bits per heavy atom.